The van der Waals surface area contributed by atoms with Gasteiger partial charge in [-0.05, 0) is 25.6 Å². The normalized spacial score (nSPS) is 10.7. The van der Waals surface area contributed by atoms with Crippen LogP contribution in [0.3, 0.4) is 0 Å². The highest BCUT2D eigenvalue weighted by Gasteiger charge is 2.13. The van der Waals surface area contributed by atoms with Gasteiger partial charge in [-0.3, -0.25) is 0 Å². The topological polar surface area (TPSA) is 54.7 Å². The Morgan fingerprint density at radius 1 is 1.57 bits per heavy atom. The summed E-state index contributed by atoms with van der Waals surface area (Å²) in [6, 6.07) is 0. The minimum absolute atomic E-state index is 0.299. The van der Waals surface area contributed by atoms with Crippen LogP contribution >= 0.6 is 23.6 Å². The van der Waals surface area contributed by atoms with Gasteiger partial charge < -0.3 is 4.42 Å². The van der Waals surface area contributed by atoms with Gasteiger partial charge in [0.05, 0.1) is 10.7 Å². The highest BCUT2D eigenvalue weighted by Crippen LogP contribution is 2.28. The van der Waals surface area contributed by atoms with Crippen LogP contribution in [0, 0.1) is 11.8 Å². The summed E-state index contributed by atoms with van der Waals surface area (Å²) >= 11 is 6.39. The van der Waals surface area contributed by atoms with Crippen LogP contribution in [0.5, 0.6) is 0 Å². The van der Waals surface area contributed by atoms with Crippen molar-refractivity contribution in [3.8, 4) is 10.8 Å². The maximum absolute atomic E-state index is 5.24. The Balaban J connectivity index is 2.55. The zero-order valence-corrected chi connectivity index (χ0v) is 9.46. The van der Waals surface area contributed by atoms with Crippen LogP contribution in [-0.2, 0) is 6.42 Å². The molecule has 0 radical (unpaired) electrons. The van der Waals surface area contributed by atoms with E-state index in [0.717, 1.165) is 22.0 Å². The molecule has 2 aromatic rings. The van der Waals surface area contributed by atoms with E-state index in [1.165, 1.54) is 0 Å². The lowest BCUT2D eigenvalue weighted by Crippen LogP contribution is -1.84. The Morgan fingerprint density at radius 2 is 2.36 bits per heavy atom. The molecule has 0 bridgehead atoms. The van der Waals surface area contributed by atoms with Gasteiger partial charge in [0, 0.05) is 0 Å². The summed E-state index contributed by atoms with van der Waals surface area (Å²) in [4.78, 5) is 5.65. The van der Waals surface area contributed by atoms with Gasteiger partial charge in [-0.2, -0.15) is 0 Å². The second-order valence-electron chi connectivity index (χ2n) is 2.78. The molecule has 74 valence electrons. The van der Waals surface area contributed by atoms with Crippen molar-refractivity contribution >= 4 is 23.6 Å². The molecule has 0 fully saturated rings. The quantitative estimate of drug-likeness (QED) is 0.801. The van der Waals surface area contributed by atoms with Gasteiger partial charge in [0.25, 0.3) is 10.7 Å². The van der Waals surface area contributed by atoms with Crippen molar-refractivity contribution < 1.29 is 4.42 Å². The SMILES string of the molecule is CCc1nc(C)sc1-c1n[nH]c(=S)o1. The van der Waals surface area contributed by atoms with Crippen LogP contribution in [0.2, 0.25) is 0 Å². The van der Waals surface area contributed by atoms with E-state index in [1.54, 1.807) is 11.3 Å². The number of aromatic nitrogens is 3. The highest BCUT2D eigenvalue weighted by molar-refractivity contribution is 7.71. The number of nitrogens with one attached hydrogen (secondary N) is 1. The van der Waals surface area contributed by atoms with Crippen LogP contribution in [0.1, 0.15) is 17.6 Å². The fraction of sp³-hybridized carbons (Fsp3) is 0.375. The molecule has 0 unspecified atom stereocenters. The summed E-state index contributed by atoms with van der Waals surface area (Å²) in [5, 5.41) is 7.60. The molecule has 1 N–H and O–H groups in total. The summed E-state index contributed by atoms with van der Waals surface area (Å²) in [6.07, 6.45) is 0.870. The number of thiazole rings is 1. The van der Waals surface area contributed by atoms with Crippen molar-refractivity contribution in [1.29, 1.82) is 0 Å². The average molecular weight is 227 g/mol. The summed E-state index contributed by atoms with van der Waals surface area (Å²) in [5.41, 5.74) is 1.01. The van der Waals surface area contributed by atoms with Gasteiger partial charge in [-0.25, -0.2) is 10.1 Å². The van der Waals surface area contributed by atoms with Crippen LogP contribution in [0.25, 0.3) is 10.8 Å². The Labute approximate surface area is 90.0 Å². The lowest BCUT2D eigenvalue weighted by molar-refractivity contribution is 0.552. The molecule has 0 aliphatic carbocycles. The van der Waals surface area contributed by atoms with E-state index in [0.29, 0.717) is 10.7 Å². The van der Waals surface area contributed by atoms with Crippen molar-refractivity contribution in [2.45, 2.75) is 20.3 Å². The van der Waals surface area contributed by atoms with E-state index in [-0.39, 0.29) is 0 Å². The van der Waals surface area contributed by atoms with Gasteiger partial charge >= 0.3 is 0 Å². The molecule has 4 nitrogen and oxygen atoms in total. The number of aromatic amines is 1. The molecule has 0 amide bonds. The Morgan fingerprint density at radius 3 is 2.93 bits per heavy atom. The second kappa shape index (κ2) is 3.62. The van der Waals surface area contributed by atoms with Crippen LogP contribution in [-0.4, -0.2) is 15.2 Å². The largest absolute Gasteiger partial charge is 0.408 e. The van der Waals surface area contributed by atoms with Crippen molar-refractivity contribution in [3.63, 3.8) is 0 Å². The monoisotopic (exact) mass is 227 g/mol. The highest BCUT2D eigenvalue weighted by atomic mass is 32.1. The van der Waals surface area contributed by atoms with Crippen molar-refractivity contribution in [2.24, 2.45) is 0 Å². The van der Waals surface area contributed by atoms with E-state index in [9.17, 15) is 0 Å². The van der Waals surface area contributed by atoms with E-state index in [4.69, 9.17) is 16.6 Å². The predicted molar refractivity (Wildman–Crippen MR) is 56.9 cm³/mol. The Kier molecular flexibility index (Phi) is 2.47. The van der Waals surface area contributed by atoms with E-state index < -0.39 is 0 Å². The molecule has 0 aliphatic heterocycles. The molecule has 0 spiro atoms. The third-order valence-corrected chi connectivity index (χ3v) is 2.95. The third kappa shape index (κ3) is 1.62. The van der Waals surface area contributed by atoms with Crippen molar-refractivity contribution in [1.82, 2.24) is 15.2 Å². The predicted octanol–water partition coefficient (Wildman–Crippen LogP) is 2.73. The molecule has 2 heterocycles. The van der Waals surface area contributed by atoms with Crippen LogP contribution < -0.4 is 0 Å². The molecule has 0 aliphatic rings. The first-order valence-electron chi connectivity index (χ1n) is 4.23. The molecule has 0 aromatic carbocycles. The van der Waals surface area contributed by atoms with E-state index in [2.05, 4.69) is 22.1 Å². The molecule has 6 heteroatoms. The van der Waals surface area contributed by atoms with E-state index >= 15 is 0 Å². The number of hydrogen-bond donors (Lipinski definition) is 1. The molecule has 0 saturated heterocycles. The van der Waals surface area contributed by atoms with Gasteiger partial charge in [0.2, 0.25) is 0 Å². The standard InChI is InChI=1S/C8H9N3OS2/c1-3-5-6(14-4(2)9-5)7-10-11-8(13)12-7/h3H2,1-2H3,(H,11,13). The first-order chi connectivity index (χ1) is 6.70. The first kappa shape index (κ1) is 9.54. The smallest absolute Gasteiger partial charge is 0.284 e. The third-order valence-electron chi connectivity index (χ3n) is 1.77. The molecular formula is C8H9N3OS2. The van der Waals surface area contributed by atoms with Crippen molar-refractivity contribution in [2.75, 3.05) is 0 Å². The van der Waals surface area contributed by atoms with Crippen LogP contribution in [0.15, 0.2) is 4.42 Å². The number of H-pyrrole nitrogens is 1. The lowest BCUT2D eigenvalue weighted by atomic mass is 10.3. The molecule has 0 saturated carbocycles. The van der Waals surface area contributed by atoms with Crippen molar-refractivity contribution in [3.05, 3.63) is 15.5 Å². The first-order valence-corrected chi connectivity index (χ1v) is 5.45. The van der Waals surface area contributed by atoms with Crippen LogP contribution in [0.4, 0.5) is 0 Å². The second-order valence-corrected chi connectivity index (χ2v) is 4.35. The maximum atomic E-state index is 5.24. The zero-order chi connectivity index (χ0) is 10.1. The number of hydrogen-bond acceptors (Lipinski definition) is 5. The molecule has 2 rings (SSSR count). The molecular weight excluding hydrogens is 218 g/mol. The molecule has 2 aromatic heterocycles. The van der Waals surface area contributed by atoms with E-state index in [1.807, 2.05) is 6.92 Å². The fourth-order valence-electron chi connectivity index (χ4n) is 1.20. The zero-order valence-electron chi connectivity index (χ0n) is 7.83. The summed E-state index contributed by atoms with van der Waals surface area (Å²) in [7, 11) is 0. The fourth-order valence-corrected chi connectivity index (χ4v) is 2.26. The number of rotatable bonds is 2. The summed E-state index contributed by atoms with van der Waals surface area (Å²) < 4.78 is 5.24. The summed E-state index contributed by atoms with van der Waals surface area (Å²) in [6.45, 7) is 4.02. The summed E-state index contributed by atoms with van der Waals surface area (Å²) in [5.74, 6) is 0.539. The van der Waals surface area contributed by atoms with Gasteiger partial charge in [0.15, 0.2) is 0 Å². The number of nitrogens with zero attached hydrogens (tertiary/aromatic N) is 2. The Hall–Kier alpha value is -1.01. The van der Waals surface area contributed by atoms with Gasteiger partial charge in [0.1, 0.15) is 4.88 Å². The van der Waals surface area contributed by atoms with Gasteiger partial charge in [-0.15, -0.1) is 16.4 Å². The minimum atomic E-state index is 0.299. The van der Waals surface area contributed by atoms with Gasteiger partial charge in [-0.1, -0.05) is 6.92 Å². The number of aryl methyl sites for hydroxylation is 2. The lowest BCUT2D eigenvalue weighted by Gasteiger charge is -1.90. The molecule has 14 heavy (non-hydrogen) atoms. The average Bonchev–Trinajstić information content (AvgIpc) is 2.71. The molecule has 0 atom stereocenters. The maximum Gasteiger partial charge on any atom is 0.284 e. The minimum Gasteiger partial charge on any atom is -0.408 e. The Bertz CT molecular complexity index is 497.